The Labute approximate surface area is 167 Å². The highest BCUT2D eigenvalue weighted by Crippen LogP contribution is 2.37. The molecule has 0 spiro atoms. The van der Waals surface area contributed by atoms with E-state index in [0.717, 1.165) is 23.7 Å². The number of anilines is 2. The van der Waals surface area contributed by atoms with Crippen molar-refractivity contribution in [1.29, 1.82) is 0 Å². The van der Waals surface area contributed by atoms with E-state index >= 15 is 0 Å². The summed E-state index contributed by atoms with van der Waals surface area (Å²) in [6.45, 7) is 6.25. The van der Waals surface area contributed by atoms with E-state index in [0.29, 0.717) is 16.6 Å². The number of aromatic nitrogens is 1. The van der Waals surface area contributed by atoms with Crippen molar-refractivity contribution in [1.82, 2.24) is 9.88 Å². The number of rotatable bonds is 3. The van der Waals surface area contributed by atoms with Crippen molar-refractivity contribution in [2.45, 2.75) is 45.4 Å². The van der Waals surface area contributed by atoms with Gasteiger partial charge in [-0.3, -0.25) is 9.80 Å². The van der Waals surface area contributed by atoms with Crippen LogP contribution in [0.3, 0.4) is 0 Å². The normalized spacial score (nSPS) is 17.4. The molecule has 0 bridgehead atoms. The lowest BCUT2D eigenvalue weighted by atomic mass is 10.2. The fourth-order valence-electron chi connectivity index (χ4n) is 2.93. The highest BCUT2D eigenvalue weighted by Gasteiger charge is 2.37. The number of ether oxygens (including phenoxy) is 1. The van der Waals surface area contributed by atoms with Crippen LogP contribution in [0.5, 0.6) is 0 Å². The van der Waals surface area contributed by atoms with E-state index in [4.69, 9.17) is 27.9 Å². The predicted octanol–water partition coefficient (Wildman–Crippen LogP) is 5.95. The van der Waals surface area contributed by atoms with E-state index in [2.05, 4.69) is 4.98 Å². The second-order valence-corrected chi connectivity index (χ2v) is 8.77. The summed E-state index contributed by atoms with van der Waals surface area (Å²) in [5.41, 5.74) is 0.301. The summed E-state index contributed by atoms with van der Waals surface area (Å²) in [6, 6.07) is 5.45. The molecular weight excluding hydrogens is 393 g/mol. The number of hydrogen-bond acceptors (Lipinski definition) is 5. The first-order valence-electron chi connectivity index (χ1n) is 8.40. The fraction of sp³-hybridized carbons (Fsp3) is 0.444. The van der Waals surface area contributed by atoms with Crippen molar-refractivity contribution in [2.24, 2.45) is 0 Å². The maximum Gasteiger partial charge on any atom is 0.411 e. The zero-order valence-electron chi connectivity index (χ0n) is 14.9. The van der Waals surface area contributed by atoms with Gasteiger partial charge in [-0.05, 0) is 51.8 Å². The molecular formula is C18H21Cl2N3O2S. The Morgan fingerprint density at radius 3 is 2.73 bits per heavy atom. The maximum atomic E-state index is 12.7. The van der Waals surface area contributed by atoms with Gasteiger partial charge in [-0.2, -0.15) is 0 Å². The second-order valence-electron chi connectivity index (χ2n) is 7.08. The molecule has 3 rings (SSSR count). The lowest BCUT2D eigenvalue weighted by Crippen LogP contribution is -2.47. The van der Waals surface area contributed by atoms with Gasteiger partial charge in [0, 0.05) is 23.8 Å². The van der Waals surface area contributed by atoms with Gasteiger partial charge in [-0.15, -0.1) is 11.3 Å². The number of nitrogens with zero attached hydrogens (tertiary/aromatic N) is 3. The molecule has 1 aromatic heterocycles. The smallest absolute Gasteiger partial charge is 0.411 e. The number of carbonyl (C=O) groups excluding carboxylic acids is 1. The van der Waals surface area contributed by atoms with Crippen LogP contribution in [-0.4, -0.2) is 34.3 Å². The number of amides is 1. The lowest BCUT2D eigenvalue weighted by molar-refractivity contribution is 0.0231. The van der Waals surface area contributed by atoms with Crippen LogP contribution in [-0.2, 0) is 4.74 Å². The van der Waals surface area contributed by atoms with E-state index in [-0.39, 0.29) is 12.3 Å². The zero-order valence-corrected chi connectivity index (χ0v) is 17.2. The van der Waals surface area contributed by atoms with Crippen LogP contribution in [0.25, 0.3) is 0 Å². The molecule has 1 aliphatic heterocycles. The summed E-state index contributed by atoms with van der Waals surface area (Å²) in [5, 5.41) is 3.66. The highest BCUT2D eigenvalue weighted by molar-refractivity contribution is 7.13. The molecule has 0 aliphatic carbocycles. The van der Waals surface area contributed by atoms with Crippen LogP contribution < -0.4 is 4.90 Å². The molecule has 1 amide bonds. The average Bonchev–Trinajstić information content (AvgIpc) is 3.21. The van der Waals surface area contributed by atoms with E-state index in [1.807, 2.05) is 37.1 Å². The minimum Gasteiger partial charge on any atom is -0.444 e. The van der Waals surface area contributed by atoms with Crippen molar-refractivity contribution >= 4 is 51.5 Å². The standard InChI is InChI=1S/C18H21Cl2N3O2S/c1-18(2,3)25-17(24)22-9-4-5-15(22)23(16-21-8-10-26-16)12-6-7-13(19)14(20)11-12/h6-8,10-11,15H,4-5,9H2,1-3H3/t15-/m0/s1. The molecule has 2 aromatic rings. The Bertz CT molecular complexity index is 777. The van der Waals surface area contributed by atoms with Gasteiger partial charge in [0.25, 0.3) is 0 Å². The molecule has 1 aromatic carbocycles. The molecule has 0 saturated carbocycles. The topological polar surface area (TPSA) is 45.7 Å². The monoisotopic (exact) mass is 413 g/mol. The van der Waals surface area contributed by atoms with Crippen LogP contribution in [0, 0.1) is 0 Å². The van der Waals surface area contributed by atoms with Gasteiger partial charge in [0.1, 0.15) is 11.8 Å². The minimum atomic E-state index is -0.542. The van der Waals surface area contributed by atoms with Gasteiger partial charge >= 0.3 is 6.09 Å². The lowest BCUT2D eigenvalue weighted by Gasteiger charge is -2.36. The van der Waals surface area contributed by atoms with Crippen LogP contribution in [0.2, 0.25) is 10.0 Å². The van der Waals surface area contributed by atoms with E-state index < -0.39 is 5.60 Å². The maximum absolute atomic E-state index is 12.7. The Morgan fingerprint density at radius 1 is 1.35 bits per heavy atom. The van der Waals surface area contributed by atoms with Crippen molar-refractivity contribution in [3.63, 3.8) is 0 Å². The Hall–Kier alpha value is -1.50. The first-order valence-corrected chi connectivity index (χ1v) is 10.0. The molecule has 1 fully saturated rings. The van der Waals surface area contributed by atoms with E-state index in [1.165, 1.54) is 11.3 Å². The SMILES string of the molecule is CC(C)(C)OC(=O)N1CCC[C@@H]1N(c1ccc(Cl)c(Cl)c1)c1nccs1. The number of halogens is 2. The van der Waals surface area contributed by atoms with E-state index in [9.17, 15) is 4.79 Å². The van der Waals surface area contributed by atoms with Gasteiger partial charge in [0.2, 0.25) is 0 Å². The molecule has 140 valence electrons. The van der Waals surface area contributed by atoms with E-state index in [1.54, 1.807) is 23.2 Å². The molecule has 26 heavy (non-hydrogen) atoms. The third kappa shape index (κ3) is 4.24. The summed E-state index contributed by atoms with van der Waals surface area (Å²) in [7, 11) is 0. The first-order chi connectivity index (χ1) is 12.3. The number of benzene rings is 1. The minimum absolute atomic E-state index is 0.187. The van der Waals surface area contributed by atoms with Gasteiger partial charge in [-0.25, -0.2) is 9.78 Å². The van der Waals surface area contributed by atoms with Crippen LogP contribution in [0.15, 0.2) is 29.8 Å². The molecule has 1 saturated heterocycles. The van der Waals surface area contributed by atoms with Crippen LogP contribution in [0.1, 0.15) is 33.6 Å². The van der Waals surface area contributed by atoms with Crippen LogP contribution in [0.4, 0.5) is 15.6 Å². The third-order valence-electron chi connectivity index (χ3n) is 3.95. The zero-order chi connectivity index (χ0) is 18.9. The van der Waals surface area contributed by atoms with Crippen LogP contribution >= 0.6 is 34.5 Å². The summed E-state index contributed by atoms with van der Waals surface area (Å²) in [5.74, 6) is 0. The van der Waals surface area contributed by atoms with Crippen molar-refractivity contribution in [3.05, 3.63) is 39.8 Å². The predicted molar refractivity (Wildman–Crippen MR) is 107 cm³/mol. The molecule has 0 radical (unpaired) electrons. The Kier molecular flexibility index (Phi) is 5.65. The van der Waals surface area contributed by atoms with Crippen molar-refractivity contribution in [3.8, 4) is 0 Å². The molecule has 2 heterocycles. The highest BCUT2D eigenvalue weighted by atomic mass is 35.5. The largest absolute Gasteiger partial charge is 0.444 e. The Balaban J connectivity index is 1.96. The fourth-order valence-corrected chi connectivity index (χ4v) is 3.93. The summed E-state index contributed by atoms with van der Waals surface area (Å²) in [4.78, 5) is 20.9. The summed E-state index contributed by atoms with van der Waals surface area (Å²) in [6.07, 6.45) is 2.96. The third-order valence-corrected chi connectivity index (χ3v) is 5.46. The number of likely N-dealkylation sites (tertiary alicyclic amines) is 1. The molecule has 0 N–H and O–H groups in total. The number of thiazole rings is 1. The summed E-state index contributed by atoms with van der Waals surface area (Å²) >= 11 is 13.8. The first kappa shape index (κ1) is 19.3. The van der Waals surface area contributed by atoms with Crippen molar-refractivity contribution < 1.29 is 9.53 Å². The quantitative estimate of drug-likeness (QED) is 0.623. The average molecular weight is 414 g/mol. The van der Waals surface area contributed by atoms with Crippen molar-refractivity contribution in [2.75, 3.05) is 11.4 Å². The van der Waals surface area contributed by atoms with Gasteiger partial charge < -0.3 is 4.74 Å². The number of carbonyl (C=O) groups is 1. The van der Waals surface area contributed by atoms with Gasteiger partial charge in [0.05, 0.1) is 10.0 Å². The second kappa shape index (κ2) is 7.62. The molecule has 1 aliphatic rings. The molecule has 1 atom stereocenters. The number of hydrogen-bond donors (Lipinski definition) is 0. The molecule has 5 nitrogen and oxygen atoms in total. The Morgan fingerprint density at radius 2 is 2.12 bits per heavy atom. The summed E-state index contributed by atoms with van der Waals surface area (Å²) < 4.78 is 5.59. The van der Waals surface area contributed by atoms with Gasteiger partial charge in [0.15, 0.2) is 5.13 Å². The van der Waals surface area contributed by atoms with Gasteiger partial charge in [-0.1, -0.05) is 23.2 Å². The molecule has 0 unspecified atom stereocenters. The molecule has 8 heteroatoms.